The largest absolute Gasteiger partial charge is 0.479 e. The van der Waals surface area contributed by atoms with Crippen LogP contribution in [0.5, 0.6) is 0 Å². The first-order valence-corrected chi connectivity index (χ1v) is 30.3. The average Bonchev–Trinajstić information content (AvgIpc) is 3.37. The van der Waals surface area contributed by atoms with Crippen LogP contribution >= 0.6 is 0 Å². The molecule has 0 bridgehead atoms. The molecule has 6 unspecified atom stereocenters. The summed E-state index contributed by atoms with van der Waals surface area (Å²) in [5.41, 5.74) is 0. The number of aliphatic hydroxyl groups excluding tert-OH is 2. The van der Waals surface area contributed by atoms with E-state index in [2.05, 4.69) is 45.1 Å². The molecule has 0 aromatic rings. The maximum atomic E-state index is 13.1. The molecule has 0 radical (unpaired) electrons. The summed E-state index contributed by atoms with van der Waals surface area (Å²) in [5, 5.41) is 31.4. The molecule has 12 heteroatoms. The van der Waals surface area contributed by atoms with Crippen molar-refractivity contribution in [3.05, 3.63) is 24.3 Å². The summed E-state index contributed by atoms with van der Waals surface area (Å²) < 4.78 is 28.4. The summed E-state index contributed by atoms with van der Waals surface area (Å²) in [7, 11) is 0. The van der Waals surface area contributed by atoms with E-state index in [-0.39, 0.29) is 25.9 Å². The molecule has 1 saturated heterocycles. The van der Waals surface area contributed by atoms with Crippen LogP contribution in [-0.2, 0) is 42.9 Å². The van der Waals surface area contributed by atoms with E-state index in [1.54, 1.807) is 0 Å². The Hall–Kier alpha value is -2.80. The Labute approximate surface area is 445 Å². The predicted molar refractivity (Wildman–Crippen MR) is 294 cm³/mol. The van der Waals surface area contributed by atoms with E-state index >= 15 is 0 Å². The second-order valence-electron chi connectivity index (χ2n) is 21.0. The number of aliphatic carboxylic acids is 1. The zero-order valence-electron chi connectivity index (χ0n) is 46.9. The zero-order valence-corrected chi connectivity index (χ0v) is 46.9. The lowest BCUT2D eigenvalue weighted by Gasteiger charge is -2.40. The first-order chi connectivity index (χ1) is 35.6. The minimum absolute atomic E-state index is 0.0647. The Morgan fingerprint density at radius 2 is 0.822 bits per heavy atom. The van der Waals surface area contributed by atoms with Gasteiger partial charge in [-0.05, 0) is 51.4 Å². The molecule has 1 aliphatic heterocycles. The Balaban J connectivity index is 2.67. The van der Waals surface area contributed by atoms with Crippen molar-refractivity contribution in [1.82, 2.24) is 0 Å². The average molecular weight is 1040 g/mol. The van der Waals surface area contributed by atoms with Crippen molar-refractivity contribution < 1.29 is 58.2 Å². The van der Waals surface area contributed by atoms with Crippen molar-refractivity contribution >= 4 is 23.9 Å². The molecule has 0 aliphatic carbocycles. The van der Waals surface area contributed by atoms with E-state index in [0.717, 1.165) is 89.9 Å². The molecule has 0 saturated carbocycles. The topological polar surface area (TPSA) is 175 Å². The number of ether oxygens (including phenoxy) is 5. The van der Waals surface area contributed by atoms with Gasteiger partial charge in [0.05, 0.1) is 6.61 Å². The number of carbonyl (C=O) groups excluding carboxylic acids is 3. The first-order valence-electron chi connectivity index (χ1n) is 30.3. The molecule has 0 aromatic heterocycles. The third kappa shape index (κ3) is 40.2. The van der Waals surface area contributed by atoms with Crippen LogP contribution in [0.4, 0.5) is 0 Å². The van der Waals surface area contributed by atoms with Crippen molar-refractivity contribution in [3.63, 3.8) is 0 Å². The van der Waals surface area contributed by atoms with E-state index in [4.69, 9.17) is 23.7 Å². The molecular formula is C61H110O12. The van der Waals surface area contributed by atoms with Gasteiger partial charge >= 0.3 is 23.9 Å². The van der Waals surface area contributed by atoms with Crippen molar-refractivity contribution in [2.45, 2.75) is 327 Å². The molecule has 12 nitrogen and oxygen atoms in total. The lowest BCUT2D eigenvalue weighted by atomic mass is 9.98. The molecule has 0 amide bonds. The van der Waals surface area contributed by atoms with Crippen LogP contribution < -0.4 is 0 Å². The van der Waals surface area contributed by atoms with Crippen LogP contribution in [0.2, 0.25) is 0 Å². The number of unbranched alkanes of at least 4 members (excludes halogenated alkanes) is 34. The standard InChI is InChI=1S/C61H110O12/c1-4-7-10-13-16-19-22-24-26-27-29-30-33-35-38-41-44-47-53(62)69-50-52(71-54(63)48-45-42-39-37-34-31-28-25-23-20-17-14-11-8-5-2)51-70-61-59(57(66)56(65)58(73-61)60(67)68)72-55(64)49-46-43-40-36-32-21-18-15-12-9-6-3/h17,20,25,28,52,56-59,61,65-66H,4-16,18-19,21-24,26-27,29-51H2,1-3H3,(H,67,68)/b20-17-,28-25-. The molecule has 426 valence electrons. The highest BCUT2D eigenvalue weighted by Gasteiger charge is 2.50. The second kappa shape index (κ2) is 50.0. The molecule has 73 heavy (non-hydrogen) atoms. The van der Waals surface area contributed by atoms with E-state index in [1.165, 1.54) is 141 Å². The number of hydrogen-bond acceptors (Lipinski definition) is 11. The Bertz CT molecular complexity index is 1370. The summed E-state index contributed by atoms with van der Waals surface area (Å²) in [6.45, 7) is 5.97. The highest BCUT2D eigenvalue weighted by molar-refractivity contribution is 5.74. The summed E-state index contributed by atoms with van der Waals surface area (Å²) in [5.74, 6) is -3.11. The number of allylic oxidation sites excluding steroid dienone is 4. The number of esters is 3. The molecule has 6 atom stereocenters. The van der Waals surface area contributed by atoms with Gasteiger partial charge in [-0.15, -0.1) is 0 Å². The van der Waals surface area contributed by atoms with Crippen molar-refractivity contribution in [2.24, 2.45) is 0 Å². The van der Waals surface area contributed by atoms with Crippen LogP contribution in [0.25, 0.3) is 0 Å². The summed E-state index contributed by atoms with van der Waals surface area (Å²) >= 11 is 0. The molecular weight excluding hydrogens is 925 g/mol. The molecule has 0 aromatic carbocycles. The van der Waals surface area contributed by atoms with Gasteiger partial charge in [0, 0.05) is 19.3 Å². The van der Waals surface area contributed by atoms with Gasteiger partial charge < -0.3 is 39.0 Å². The Morgan fingerprint density at radius 3 is 1.26 bits per heavy atom. The van der Waals surface area contributed by atoms with E-state index < -0.39 is 67.3 Å². The molecule has 1 rings (SSSR count). The maximum absolute atomic E-state index is 13.1. The quantitative estimate of drug-likeness (QED) is 0.0228. The van der Waals surface area contributed by atoms with Crippen LogP contribution in [0, 0.1) is 0 Å². The maximum Gasteiger partial charge on any atom is 0.335 e. The zero-order chi connectivity index (χ0) is 53.3. The molecule has 1 fully saturated rings. The monoisotopic (exact) mass is 1030 g/mol. The van der Waals surface area contributed by atoms with Gasteiger partial charge in [0.1, 0.15) is 18.8 Å². The minimum Gasteiger partial charge on any atom is -0.479 e. The molecule has 0 spiro atoms. The Morgan fingerprint density at radius 1 is 0.452 bits per heavy atom. The number of rotatable bonds is 52. The van der Waals surface area contributed by atoms with Crippen LogP contribution in [0.15, 0.2) is 24.3 Å². The van der Waals surface area contributed by atoms with Gasteiger partial charge in [0.25, 0.3) is 0 Å². The SMILES string of the molecule is CCCCC/C=C\C/C=C\CCCCCCCC(=O)OC(COC(=O)CCCCCCCCCCCCCCCCCCC)COC1OC(C(=O)O)C(O)C(O)C1OC(=O)CCCCCCCCCCCCC. The normalized spacial score (nSPS) is 18.4. The second-order valence-corrected chi connectivity index (χ2v) is 21.0. The number of hydrogen-bond donors (Lipinski definition) is 3. The smallest absolute Gasteiger partial charge is 0.335 e. The van der Waals surface area contributed by atoms with Crippen molar-refractivity contribution in [1.29, 1.82) is 0 Å². The van der Waals surface area contributed by atoms with Gasteiger partial charge in [-0.3, -0.25) is 14.4 Å². The highest BCUT2D eigenvalue weighted by Crippen LogP contribution is 2.27. The van der Waals surface area contributed by atoms with Gasteiger partial charge in [-0.1, -0.05) is 244 Å². The molecule has 1 aliphatic rings. The molecule has 3 N–H and O–H groups in total. The highest BCUT2D eigenvalue weighted by atomic mass is 16.7. The number of carbonyl (C=O) groups is 4. The fourth-order valence-corrected chi connectivity index (χ4v) is 9.34. The van der Waals surface area contributed by atoms with Crippen LogP contribution in [0.1, 0.15) is 290 Å². The van der Waals surface area contributed by atoms with Gasteiger partial charge in [0.2, 0.25) is 0 Å². The lowest BCUT2D eigenvalue weighted by Crippen LogP contribution is -2.61. The summed E-state index contributed by atoms with van der Waals surface area (Å²) in [6, 6.07) is 0. The van der Waals surface area contributed by atoms with E-state index in [0.29, 0.717) is 19.3 Å². The number of carboxylic acids is 1. The molecule has 1 heterocycles. The van der Waals surface area contributed by atoms with Crippen molar-refractivity contribution in [3.8, 4) is 0 Å². The lowest BCUT2D eigenvalue weighted by molar-refractivity contribution is -0.301. The third-order valence-corrected chi connectivity index (χ3v) is 14.0. The van der Waals surface area contributed by atoms with E-state index in [1.807, 2.05) is 0 Å². The first kappa shape index (κ1) is 68.2. The Kier molecular flexibility index (Phi) is 46.8. The van der Waals surface area contributed by atoms with Crippen LogP contribution in [-0.4, -0.2) is 89.2 Å². The number of aliphatic hydroxyl groups is 2. The summed E-state index contributed by atoms with van der Waals surface area (Å²) in [6.07, 6.45) is 44.4. The van der Waals surface area contributed by atoms with Gasteiger partial charge in [0.15, 0.2) is 24.6 Å². The summed E-state index contributed by atoms with van der Waals surface area (Å²) in [4.78, 5) is 51.1. The van der Waals surface area contributed by atoms with Crippen molar-refractivity contribution in [2.75, 3.05) is 13.2 Å². The fourth-order valence-electron chi connectivity index (χ4n) is 9.34. The van der Waals surface area contributed by atoms with Gasteiger partial charge in [-0.2, -0.15) is 0 Å². The minimum atomic E-state index is -1.90. The third-order valence-electron chi connectivity index (χ3n) is 14.0. The van der Waals surface area contributed by atoms with Gasteiger partial charge in [-0.25, -0.2) is 4.79 Å². The predicted octanol–water partition coefficient (Wildman–Crippen LogP) is 15.5. The van der Waals surface area contributed by atoms with E-state index in [9.17, 15) is 34.5 Å². The number of carboxylic acid groups (broad SMARTS) is 1. The fraction of sp³-hybridized carbons (Fsp3) is 0.869. The van der Waals surface area contributed by atoms with Crippen LogP contribution in [0.3, 0.4) is 0 Å².